The van der Waals surface area contributed by atoms with Crippen LogP contribution in [0.15, 0.2) is 36.5 Å². The van der Waals surface area contributed by atoms with Gasteiger partial charge in [-0.1, -0.05) is 262 Å². The van der Waals surface area contributed by atoms with Crippen LogP contribution in [0.2, 0.25) is 0 Å². The molecule has 0 aliphatic rings. The number of esters is 2. The lowest BCUT2D eigenvalue weighted by atomic mass is 10.0. The summed E-state index contributed by atoms with van der Waals surface area (Å²) in [7, 11) is 1.18. The molecule has 10 heteroatoms. The molecule has 9 nitrogen and oxygen atoms in total. The summed E-state index contributed by atoms with van der Waals surface area (Å²) in [4.78, 5) is 37.8. The van der Waals surface area contributed by atoms with E-state index in [0.717, 1.165) is 57.8 Å². The second-order valence-electron chi connectivity index (χ2n) is 22.8. The molecule has 0 heterocycles. The zero-order valence-corrected chi connectivity index (χ0v) is 50.5. The molecule has 0 saturated heterocycles. The number of quaternary nitrogens is 1. The number of carbonyl (C=O) groups is 2. The molecule has 0 aliphatic heterocycles. The first kappa shape index (κ1) is 72.2. The smallest absolute Gasteiger partial charge is 0.306 e. The molecule has 0 saturated carbocycles. The van der Waals surface area contributed by atoms with Crippen molar-refractivity contribution >= 4 is 19.8 Å². The predicted octanol–water partition coefficient (Wildman–Crippen LogP) is 19.3. The lowest BCUT2D eigenvalue weighted by Gasteiger charge is -2.28. The van der Waals surface area contributed by atoms with Crippen molar-refractivity contribution in [1.29, 1.82) is 0 Å². The molecule has 74 heavy (non-hydrogen) atoms. The van der Waals surface area contributed by atoms with Crippen LogP contribution in [-0.2, 0) is 32.7 Å². The Morgan fingerprint density at radius 1 is 0.419 bits per heavy atom. The van der Waals surface area contributed by atoms with E-state index in [9.17, 15) is 19.0 Å². The molecule has 0 rings (SSSR count). The van der Waals surface area contributed by atoms with Gasteiger partial charge in [-0.15, -0.1) is 0 Å². The van der Waals surface area contributed by atoms with Gasteiger partial charge in [-0.3, -0.25) is 14.2 Å². The maximum absolute atomic E-state index is 12.8. The van der Waals surface area contributed by atoms with Crippen LogP contribution in [0.3, 0.4) is 0 Å². The minimum atomic E-state index is -4.63. The topological polar surface area (TPSA) is 111 Å². The number of likely N-dealkylation sites (N-methyl/N-ethyl adjacent to an activating group) is 1. The van der Waals surface area contributed by atoms with Crippen molar-refractivity contribution in [2.24, 2.45) is 0 Å². The number of allylic oxidation sites excluding steroid dienone is 6. The van der Waals surface area contributed by atoms with Gasteiger partial charge in [0.25, 0.3) is 7.82 Å². The molecule has 0 aromatic carbocycles. The molecule has 0 amide bonds. The first-order chi connectivity index (χ1) is 36.0. The average molecular weight is 1060 g/mol. The number of hydrogen-bond acceptors (Lipinski definition) is 8. The van der Waals surface area contributed by atoms with E-state index >= 15 is 0 Å². The van der Waals surface area contributed by atoms with Crippen LogP contribution in [0, 0.1) is 0 Å². The summed E-state index contributed by atoms with van der Waals surface area (Å²) < 4.78 is 34.2. The van der Waals surface area contributed by atoms with Crippen LogP contribution in [-0.4, -0.2) is 70.0 Å². The summed E-state index contributed by atoms with van der Waals surface area (Å²) in [6.07, 6.45) is 69.4. The van der Waals surface area contributed by atoms with Crippen LogP contribution < -0.4 is 4.89 Å². The molecule has 0 N–H and O–H groups in total. The first-order valence-electron chi connectivity index (χ1n) is 31.7. The standard InChI is InChI=1S/C64H122NO8P/c1-6-8-10-12-14-16-18-20-22-23-24-25-26-27-28-29-30-31-32-33-34-35-36-37-38-39-40-41-43-45-47-49-51-53-55-57-64(67)73-62(61-72-74(68,69)71-59-58-65(3,4)5)60-70-63(66)56-54-52-50-48-46-44-42-21-19-17-15-13-11-9-7-2/h18,20-21,23-24,42,62H,6-17,19,22,25-41,43-61H2,1-5H3/b20-18-,24-23-,42-21-. The molecule has 2 atom stereocenters. The Kier molecular flexibility index (Phi) is 54.6. The maximum atomic E-state index is 12.8. The molecule has 0 fully saturated rings. The molecule has 0 aromatic heterocycles. The lowest BCUT2D eigenvalue weighted by Crippen LogP contribution is -2.37. The molecule has 0 radical (unpaired) electrons. The van der Waals surface area contributed by atoms with Gasteiger partial charge in [-0.25, -0.2) is 0 Å². The molecular weight excluding hydrogens is 942 g/mol. The number of unbranched alkanes of at least 4 members (excludes halogenated alkanes) is 39. The Hall–Kier alpha value is -1.77. The van der Waals surface area contributed by atoms with Gasteiger partial charge in [0.1, 0.15) is 19.8 Å². The highest BCUT2D eigenvalue weighted by atomic mass is 31.2. The minimum Gasteiger partial charge on any atom is -0.756 e. The number of hydrogen-bond donors (Lipinski definition) is 0. The quantitative estimate of drug-likeness (QED) is 0.0195. The highest BCUT2D eigenvalue weighted by Gasteiger charge is 2.22. The fourth-order valence-electron chi connectivity index (χ4n) is 9.21. The molecule has 0 aliphatic carbocycles. The Bertz CT molecular complexity index is 1340. The summed E-state index contributed by atoms with van der Waals surface area (Å²) in [6, 6.07) is 0. The number of carbonyl (C=O) groups excluding carboxylic acids is 2. The van der Waals surface area contributed by atoms with E-state index in [2.05, 4.69) is 50.3 Å². The van der Waals surface area contributed by atoms with Crippen molar-refractivity contribution in [3.63, 3.8) is 0 Å². The third kappa shape index (κ3) is 59.5. The SMILES string of the molecule is CCCCCCC/C=C\C/C=C\CCCCCCCCCCCCCCCCCCCCCCCCCC(=O)OC(COC(=O)CCCCCCC/C=C\CCCCCCCC)COP(=O)([O-])OCC[N+](C)(C)C. The average Bonchev–Trinajstić information content (AvgIpc) is 3.36. The summed E-state index contributed by atoms with van der Waals surface area (Å²) in [5.74, 6) is -0.829. The van der Waals surface area contributed by atoms with Gasteiger partial charge >= 0.3 is 11.9 Å². The molecule has 2 unspecified atom stereocenters. The van der Waals surface area contributed by atoms with Gasteiger partial charge in [0.05, 0.1) is 27.7 Å². The van der Waals surface area contributed by atoms with Gasteiger partial charge in [-0.2, -0.15) is 0 Å². The van der Waals surface area contributed by atoms with Crippen LogP contribution in [0.25, 0.3) is 0 Å². The fraction of sp³-hybridized carbons (Fsp3) is 0.875. The Morgan fingerprint density at radius 2 is 0.730 bits per heavy atom. The van der Waals surface area contributed by atoms with Gasteiger partial charge in [0, 0.05) is 12.8 Å². The normalized spacial score (nSPS) is 13.4. The summed E-state index contributed by atoms with van der Waals surface area (Å²) >= 11 is 0. The van der Waals surface area contributed by atoms with E-state index in [4.69, 9.17) is 18.5 Å². The number of ether oxygens (including phenoxy) is 2. The molecule has 0 spiro atoms. The van der Waals surface area contributed by atoms with Crippen LogP contribution >= 0.6 is 7.82 Å². The zero-order chi connectivity index (χ0) is 54.2. The highest BCUT2D eigenvalue weighted by molar-refractivity contribution is 7.45. The van der Waals surface area contributed by atoms with Crippen LogP contribution in [0.5, 0.6) is 0 Å². The monoisotopic (exact) mass is 1060 g/mol. The molecule has 436 valence electrons. The van der Waals surface area contributed by atoms with E-state index in [-0.39, 0.29) is 32.0 Å². The van der Waals surface area contributed by atoms with E-state index in [1.165, 1.54) is 218 Å². The van der Waals surface area contributed by atoms with Gasteiger partial charge < -0.3 is 27.9 Å². The summed E-state index contributed by atoms with van der Waals surface area (Å²) in [5, 5.41) is 0. The summed E-state index contributed by atoms with van der Waals surface area (Å²) in [6.45, 7) is 4.25. The molecule has 0 bridgehead atoms. The second kappa shape index (κ2) is 56.0. The first-order valence-corrected chi connectivity index (χ1v) is 33.2. The van der Waals surface area contributed by atoms with E-state index in [0.29, 0.717) is 17.4 Å². The Labute approximate surface area is 459 Å². The Balaban J connectivity index is 3.95. The molecule has 0 aromatic rings. The van der Waals surface area contributed by atoms with Crippen LogP contribution in [0.1, 0.15) is 309 Å². The third-order valence-electron chi connectivity index (χ3n) is 14.1. The predicted molar refractivity (Wildman–Crippen MR) is 314 cm³/mol. The molecular formula is C64H122NO8P. The number of rotatable bonds is 59. The lowest BCUT2D eigenvalue weighted by molar-refractivity contribution is -0.870. The number of phosphoric acid groups is 1. The van der Waals surface area contributed by atoms with Crippen molar-refractivity contribution in [3.05, 3.63) is 36.5 Å². The second-order valence-corrected chi connectivity index (χ2v) is 24.2. The summed E-state index contributed by atoms with van der Waals surface area (Å²) in [5.41, 5.74) is 0. The van der Waals surface area contributed by atoms with Crippen molar-refractivity contribution in [2.75, 3.05) is 47.5 Å². The van der Waals surface area contributed by atoms with Gasteiger partial charge in [-0.05, 0) is 70.6 Å². The largest absolute Gasteiger partial charge is 0.756 e. The van der Waals surface area contributed by atoms with Crippen molar-refractivity contribution in [1.82, 2.24) is 0 Å². The van der Waals surface area contributed by atoms with Crippen LogP contribution in [0.4, 0.5) is 0 Å². The van der Waals surface area contributed by atoms with E-state index in [1.807, 2.05) is 21.1 Å². The van der Waals surface area contributed by atoms with Gasteiger partial charge in [0.15, 0.2) is 6.10 Å². The van der Waals surface area contributed by atoms with Gasteiger partial charge in [0.2, 0.25) is 0 Å². The number of nitrogens with zero attached hydrogens (tertiary/aromatic N) is 1. The number of phosphoric ester groups is 1. The van der Waals surface area contributed by atoms with Crippen molar-refractivity contribution in [3.8, 4) is 0 Å². The Morgan fingerprint density at radius 3 is 1.08 bits per heavy atom. The zero-order valence-electron chi connectivity index (χ0n) is 49.6. The maximum Gasteiger partial charge on any atom is 0.306 e. The van der Waals surface area contributed by atoms with E-state index < -0.39 is 26.5 Å². The minimum absolute atomic E-state index is 0.0299. The van der Waals surface area contributed by atoms with E-state index in [1.54, 1.807) is 0 Å². The van der Waals surface area contributed by atoms with Crippen molar-refractivity contribution < 1.29 is 42.1 Å². The van der Waals surface area contributed by atoms with Crippen molar-refractivity contribution in [2.45, 2.75) is 315 Å². The fourth-order valence-corrected chi connectivity index (χ4v) is 9.94. The highest BCUT2D eigenvalue weighted by Crippen LogP contribution is 2.38. The third-order valence-corrected chi connectivity index (χ3v) is 15.1.